The van der Waals surface area contributed by atoms with Gasteiger partial charge in [-0.1, -0.05) is 182 Å². The van der Waals surface area contributed by atoms with E-state index in [1.54, 1.807) is 0 Å². The van der Waals surface area contributed by atoms with Gasteiger partial charge in [0.05, 0.1) is 0 Å². The van der Waals surface area contributed by atoms with Gasteiger partial charge in [0, 0.05) is 23.9 Å². The summed E-state index contributed by atoms with van der Waals surface area (Å²) >= 11 is 0. The first-order valence-electron chi connectivity index (χ1n) is 17.9. The van der Waals surface area contributed by atoms with Gasteiger partial charge in [0.2, 0.25) is 0 Å². The summed E-state index contributed by atoms with van der Waals surface area (Å²) in [5.41, 5.74) is 0. The predicted octanol–water partition coefficient (Wildman–Crippen LogP) is 5.95. The number of carboxylic acids is 4. The van der Waals surface area contributed by atoms with Crippen molar-refractivity contribution in [3.05, 3.63) is 0 Å². The zero-order chi connectivity index (χ0) is 34.1. The molecular weight excluding hydrogens is 661 g/mol. The molecule has 0 N–H and O–H groups in total. The second-order valence-electron chi connectivity index (χ2n) is 11.4. The summed E-state index contributed by atoms with van der Waals surface area (Å²) in [6.45, 7) is 6.15. The van der Waals surface area contributed by atoms with Gasteiger partial charge in [0.25, 0.3) is 0 Å². The summed E-state index contributed by atoms with van der Waals surface area (Å²) in [7, 11) is 0. The van der Waals surface area contributed by atoms with Crippen LogP contribution < -0.4 is 20.4 Å². The molecule has 0 aromatic heterocycles. The van der Waals surface area contributed by atoms with Gasteiger partial charge >= 0.3 is 19.5 Å². The number of aliphatic carboxylic acids is 4. The molecule has 4 rings (SSSR count). The van der Waals surface area contributed by atoms with Crippen molar-refractivity contribution in [1.82, 2.24) is 0 Å². The van der Waals surface area contributed by atoms with E-state index in [0.717, 1.165) is 0 Å². The van der Waals surface area contributed by atoms with Crippen LogP contribution >= 0.6 is 0 Å². The zero-order valence-corrected chi connectivity index (χ0v) is 31.2. The molecule has 0 spiro atoms. The Bertz CT molecular complexity index is 448. The SMILES string of the molecule is C1CCCCC1.C1CCCCC1.C1CCCCC1.C1CCCCC1.CCC(=O)[O-].CCC(=O)[O-].CCC(=O)[O-].CCC(=O)[O-].[Ru+4]. The van der Waals surface area contributed by atoms with E-state index in [2.05, 4.69) is 0 Å². The molecule has 0 bridgehead atoms. The molecule has 0 aromatic carbocycles. The number of rotatable bonds is 4. The molecule has 9 heteroatoms. The van der Waals surface area contributed by atoms with Gasteiger partial charge in [-0.2, -0.15) is 0 Å². The van der Waals surface area contributed by atoms with Crippen molar-refractivity contribution in [1.29, 1.82) is 0 Å². The van der Waals surface area contributed by atoms with Crippen molar-refractivity contribution in [2.45, 2.75) is 207 Å². The molecule has 4 fully saturated rings. The van der Waals surface area contributed by atoms with Gasteiger partial charge in [-0.15, -0.1) is 0 Å². The summed E-state index contributed by atoms with van der Waals surface area (Å²) in [6, 6.07) is 0. The molecule has 0 aromatic rings. The van der Waals surface area contributed by atoms with Crippen LogP contribution in [0.5, 0.6) is 0 Å². The van der Waals surface area contributed by atoms with E-state index in [4.69, 9.17) is 0 Å². The molecule has 0 atom stereocenters. The maximum Gasteiger partial charge on any atom is 4.00 e. The first kappa shape index (κ1) is 53.0. The van der Waals surface area contributed by atoms with Gasteiger partial charge in [0.1, 0.15) is 0 Å². The van der Waals surface area contributed by atoms with Crippen LogP contribution in [0.15, 0.2) is 0 Å². The van der Waals surface area contributed by atoms with Crippen LogP contribution in [0.2, 0.25) is 0 Å². The Morgan fingerprint density at radius 2 is 0.333 bits per heavy atom. The van der Waals surface area contributed by atoms with Crippen molar-refractivity contribution in [2.24, 2.45) is 0 Å². The fraction of sp³-hybridized carbons (Fsp3) is 0.889. The molecule has 8 nitrogen and oxygen atoms in total. The van der Waals surface area contributed by atoms with Crippen LogP contribution in [0.1, 0.15) is 207 Å². The van der Waals surface area contributed by atoms with E-state index in [-0.39, 0.29) is 45.2 Å². The van der Waals surface area contributed by atoms with Crippen LogP contribution in [0, 0.1) is 0 Å². The Morgan fingerprint density at radius 1 is 0.289 bits per heavy atom. The fourth-order valence-electron chi connectivity index (χ4n) is 4.24. The molecule has 0 saturated heterocycles. The molecule has 4 aliphatic rings. The molecule has 4 saturated carbocycles. The van der Waals surface area contributed by atoms with Crippen LogP contribution in [0.25, 0.3) is 0 Å². The molecule has 0 amide bonds. The number of carbonyl (C=O) groups excluding carboxylic acids is 4. The van der Waals surface area contributed by atoms with E-state index >= 15 is 0 Å². The van der Waals surface area contributed by atoms with Crippen LogP contribution in [0.4, 0.5) is 0 Å². The quantitative estimate of drug-likeness (QED) is 0.321. The standard InChI is InChI=1S/4C6H12.4C3H6O2.Ru/c4*1-2-4-6-5-3-1;4*1-2-3(4)5;/h4*1-6H2;4*2H2,1H3,(H,4,5);/q;;;;;;;;+4/p-4. The second-order valence-corrected chi connectivity index (χ2v) is 11.4. The molecule has 0 radical (unpaired) electrons. The van der Waals surface area contributed by atoms with E-state index in [1.165, 1.54) is 182 Å². The van der Waals surface area contributed by atoms with Crippen LogP contribution in [-0.4, -0.2) is 23.9 Å². The van der Waals surface area contributed by atoms with E-state index in [0.29, 0.717) is 0 Å². The summed E-state index contributed by atoms with van der Waals surface area (Å²) in [5, 5.41) is 37.0. The van der Waals surface area contributed by atoms with Crippen molar-refractivity contribution < 1.29 is 59.1 Å². The number of hydrogen-bond acceptors (Lipinski definition) is 8. The second kappa shape index (κ2) is 49.4. The Morgan fingerprint density at radius 3 is 0.356 bits per heavy atom. The van der Waals surface area contributed by atoms with Crippen LogP contribution in [0.3, 0.4) is 0 Å². The van der Waals surface area contributed by atoms with E-state index in [1.807, 2.05) is 0 Å². The molecule has 45 heavy (non-hydrogen) atoms. The first-order valence-corrected chi connectivity index (χ1v) is 17.9. The Hall–Kier alpha value is -1.50. The van der Waals surface area contributed by atoms with Gasteiger partial charge in [-0.25, -0.2) is 0 Å². The van der Waals surface area contributed by atoms with Crippen molar-refractivity contribution in [3.8, 4) is 0 Å². The molecule has 0 heterocycles. The number of carbonyl (C=O) groups is 4. The molecular formula is C36H68O8Ru. The normalized spacial score (nSPS) is 16.1. The predicted molar refractivity (Wildman–Crippen MR) is 172 cm³/mol. The summed E-state index contributed by atoms with van der Waals surface area (Å²) in [4.78, 5) is 37.0. The third kappa shape index (κ3) is 74.9. The monoisotopic (exact) mass is 730 g/mol. The maximum absolute atomic E-state index is 9.26. The summed E-state index contributed by atoms with van der Waals surface area (Å²) in [5.74, 6) is -3.98. The first-order chi connectivity index (χ1) is 21.1. The molecule has 4 aliphatic carbocycles. The average Bonchev–Trinajstić information content (AvgIpc) is 3.09. The largest absolute Gasteiger partial charge is 4.00 e. The third-order valence-corrected chi connectivity index (χ3v) is 7.15. The minimum Gasteiger partial charge on any atom is -0.550 e. The van der Waals surface area contributed by atoms with Gasteiger partial charge in [-0.05, 0) is 25.7 Å². The zero-order valence-electron chi connectivity index (χ0n) is 29.4. The van der Waals surface area contributed by atoms with Crippen molar-refractivity contribution in [2.75, 3.05) is 0 Å². The minimum absolute atomic E-state index is 0. The Kier molecular flexibility index (Phi) is 58.2. The maximum atomic E-state index is 9.26. The van der Waals surface area contributed by atoms with Gasteiger partial charge < -0.3 is 39.6 Å². The Labute approximate surface area is 289 Å². The Balaban J connectivity index is -0.000000135. The van der Waals surface area contributed by atoms with Crippen molar-refractivity contribution in [3.63, 3.8) is 0 Å². The van der Waals surface area contributed by atoms with Gasteiger partial charge in [-0.3, -0.25) is 0 Å². The van der Waals surface area contributed by atoms with E-state index < -0.39 is 23.9 Å². The molecule has 0 aliphatic heterocycles. The van der Waals surface area contributed by atoms with Gasteiger partial charge in [0.15, 0.2) is 0 Å². The molecule has 268 valence electrons. The topological polar surface area (TPSA) is 161 Å². The smallest absolute Gasteiger partial charge is 0.550 e. The average molecular weight is 730 g/mol. The third-order valence-electron chi connectivity index (χ3n) is 7.15. The fourth-order valence-corrected chi connectivity index (χ4v) is 4.24. The van der Waals surface area contributed by atoms with E-state index in [9.17, 15) is 39.6 Å². The summed E-state index contributed by atoms with van der Waals surface area (Å²) in [6.07, 6.45) is 36.4. The minimum atomic E-state index is -0.995. The number of hydrogen-bond donors (Lipinski definition) is 0. The van der Waals surface area contributed by atoms with Crippen LogP contribution in [-0.2, 0) is 38.7 Å². The summed E-state index contributed by atoms with van der Waals surface area (Å²) < 4.78 is 0. The molecule has 0 unspecified atom stereocenters. The van der Waals surface area contributed by atoms with Crippen molar-refractivity contribution >= 4 is 23.9 Å². The number of carboxylic acid groups (broad SMARTS) is 4.